The normalized spacial score (nSPS) is 10.4. The van der Waals surface area contributed by atoms with E-state index in [1.165, 1.54) is 0 Å². The summed E-state index contributed by atoms with van der Waals surface area (Å²) in [4.78, 5) is 10.8. The number of aldehydes is 1. The van der Waals surface area contributed by atoms with Gasteiger partial charge in [-0.2, -0.15) is 0 Å². The van der Waals surface area contributed by atoms with Crippen molar-refractivity contribution < 1.29 is 4.79 Å². The lowest BCUT2D eigenvalue weighted by Gasteiger charge is -2.05. The molecule has 1 nitrogen and oxygen atoms in total. The van der Waals surface area contributed by atoms with Gasteiger partial charge in [-0.25, -0.2) is 0 Å². The molecule has 14 heavy (non-hydrogen) atoms. The van der Waals surface area contributed by atoms with Crippen molar-refractivity contribution in [2.45, 2.75) is 0 Å². The van der Waals surface area contributed by atoms with Crippen LogP contribution in [0, 0.1) is 0 Å². The van der Waals surface area contributed by atoms with Crippen molar-refractivity contribution in [2.24, 2.45) is 0 Å². The van der Waals surface area contributed by atoms with Crippen molar-refractivity contribution in [1.29, 1.82) is 0 Å². The quantitative estimate of drug-likeness (QED) is 0.722. The maximum atomic E-state index is 10.8. The number of hydrogen-bond acceptors (Lipinski definition) is 1. The Hall–Kier alpha value is -0.670. The molecule has 0 saturated carbocycles. The number of rotatable bonds is 1. The highest BCUT2D eigenvalue weighted by atomic mass is 79.9. The highest BCUT2D eigenvalue weighted by Crippen LogP contribution is 2.33. The van der Waals surface area contributed by atoms with E-state index in [-0.39, 0.29) is 0 Å². The summed E-state index contributed by atoms with van der Waals surface area (Å²) in [5, 5.41) is 2.16. The molecule has 0 aliphatic heterocycles. The van der Waals surface area contributed by atoms with E-state index in [9.17, 15) is 4.79 Å². The van der Waals surface area contributed by atoms with Gasteiger partial charge in [0.2, 0.25) is 0 Å². The molecule has 0 N–H and O–H groups in total. The standard InChI is InChI=1S/C11H6Br2O/c12-10-8(6-14)5-7-3-1-2-4-9(7)11(10)13/h1-6H. The fourth-order valence-electron chi connectivity index (χ4n) is 1.38. The van der Waals surface area contributed by atoms with Crippen molar-refractivity contribution in [3.8, 4) is 0 Å². The van der Waals surface area contributed by atoms with Crippen LogP contribution in [0.4, 0.5) is 0 Å². The van der Waals surface area contributed by atoms with Gasteiger partial charge in [-0.3, -0.25) is 4.79 Å². The SMILES string of the molecule is O=Cc1cc2ccccc2c(Br)c1Br. The summed E-state index contributed by atoms with van der Waals surface area (Å²) in [5.41, 5.74) is 0.663. The van der Waals surface area contributed by atoms with E-state index < -0.39 is 0 Å². The first-order valence-electron chi connectivity index (χ1n) is 4.06. The number of benzene rings is 2. The lowest BCUT2D eigenvalue weighted by Crippen LogP contribution is -1.85. The average Bonchev–Trinajstić information content (AvgIpc) is 2.23. The number of carbonyl (C=O) groups is 1. The smallest absolute Gasteiger partial charge is 0.151 e. The van der Waals surface area contributed by atoms with E-state index >= 15 is 0 Å². The molecule has 0 aliphatic rings. The summed E-state index contributed by atoms with van der Waals surface area (Å²) in [5.74, 6) is 0. The third-order valence-electron chi connectivity index (χ3n) is 2.08. The molecular formula is C11H6Br2O. The Morgan fingerprint density at radius 1 is 1.07 bits per heavy atom. The summed E-state index contributed by atoms with van der Waals surface area (Å²) in [6, 6.07) is 9.80. The number of carbonyl (C=O) groups excluding carboxylic acids is 1. The predicted molar refractivity (Wildman–Crippen MR) is 64.7 cm³/mol. The number of halogens is 2. The number of hydrogen-bond donors (Lipinski definition) is 0. The maximum absolute atomic E-state index is 10.8. The molecule has 2 aromatic rings. The monoisotopic (exact) mass is 312 g/mol. The Balaban J connectivity index is 2.91. The molecule has 0 heterocycles. The van der Waals surface area contributed by atoms with Gasteiger partial charge in [0.1, 0.15) is 0 Å². The first-order valence-corrected chi connectivity index (χ1v) is 5.64. The van der Waals surface area contributed by atoms with Gasteiger partial charge in [0, 0.05) is 14.5 Å². The van der Waals surface area contributed by atoms with E-state index in [2.05, 4.69) is 31.9 Å². The molecule has 0 bridgehead atoms. The van der Waals surface area contributed by atoms with E-state index in [0.29, 0.717) is 5.56 Å². The Kier molecular flexibility index (Phi) is 2.70. The van der Waals surface area contributed by atoms with Crippen molar-refractivity contribution in [3.63, 3.8) is 0 Å². The third-order valence-corrected chi connectivity index (χ3v) is 4.29. The minimum Gasteiger partial charge on any atom is -0.298 e. The first-order chi connectivity index (χ1) is 6.74. The minimum absolute atomic E-state index is 0.663. The van der Waals surface area contributed by atoms with Gasteiger partial charge in [0.25, 0.3) is 0 Å². The predicted octanol–water partition coefficient (Wildman–Crippen LogP) is 4.18. The lowest BCUT2D eigenvalue weighted by atomic mass is 10.1. The van der Waals surface area contributed by atoms with Crippen molar-refractivity contribution in [3.05, 3.63) is 44.8 Å². The highest BCUT2D eigenvalue weighted by molar-refractivity contribution is 9.13. The van der Waals surface area contributed by atoms with Gasteiger partial charge in [-0.1, -0.05) is 24.3 Å². The second-order valence-electron chi connectivity index (χ2n) is 2.93. The first kappa shape index (κ1) is 9.87. The van der Waals surface area contributed by atoms with Crippen LogP contribution in [0.2, 0.25) is 0 Å². The molecule has 0 fully saturated rings. The highest BCUT2D eigenvalue weighted by Gasteiger charge is 2.07. The molecule has 2 aromatic carbocycles. The molecular weight excluding hydrogens is 308 g/mol. The van der Waals surface area contributed by atoms with Gasteiger partial charge in [0.15, 0.2) is 6.29 Å². The summed E-state index contributed by atoms with van der Waals surface area (Å²) < 4.78 is 1.74. The second kappa shape index (κ2) is 3.83. The molecule has 0 saturated heterocycles. The largest absolute Gasteiger partial charge is 0.298 e. The number of fused-ring (bicyclic) bond motifs is 1. The fraction of sp³-hybridized carbons (Fsp3) is 0. The van der Waals surface area contributed by atoms with E-state index in [1.54, 1.807) is 0 Å². The van der Waals surface area contributed by atoms with Crippen LogP contribution >= 0.6 is 31.9 Å². The molecule has 0 amide bonds. The summed E-state index contributed by atoms with van der Waals surface area (Å²) in [7, 11) is 0. The zero-order chi connectivity index (χ0) is 10.1. The van der Waals surface area contributed by atoms with Gasteiger partial charge >= 0.3 is 0 Å². The van der Waals surface area contributed by atoms with Crippen LogP contribution in [-0.2, 0) is 0 Å². The van der Waals surface area contributed by atoms with Crippen LogP contribution in [0.1, 0.15) is 10.4 Å². The topological polar surface area (TPSA) is 17.1 Å². The summed E-state index contributed by atoms with van der Waals surface area (Å²) in [6.45, 7) is 0. The van der Waals surface area contributed by atoms with Gasteiger partial charge in [-0.15, -0.1) is 0 Å². The summed E-state index contributed by atoms with van der Waals surface area (Å²) in [6.07, 6.45) is 0.848. The van der Waals surface area contributed by atoms with Gasteiger partial charge in [-0.05, 0) is 48.7 Å². The van der Waals surface area contributed by atoms with Crippen LogP contribution in [0.15, 0.2) is 39.3 Å². The molecule has 0 atom stereocenters. The molecule has 0 radical (unpaired) electrons. The van der Waals surface area contributed by atoms with Crippen LogP contribution in [-0.4, -0.2) is 6.29 Å². The Morgan fingerprint density at radius 3 is 2.50 bits per heavy atom. The van der Waals surface area contributed by atoms with E-state index in [0.717, 1.165) is 26.0 Å². The van der Waals surface area contributed by atoms with E-state index in [4.69, 9.17) is 0 Å². The second-order valence-corrected chi connectivity index (χ2v) is 4.52. The zero-order valence-corrected chi connectivity index (χ0v) is 10.3. The van der Waals surface area contributed by atoms with Crippen molar-refractivity contribution in [2.75, 3.05) is 0 Å². The summed E-state index contributed by atoms with van der Waals surface area (Å²) >= 11 is 6.85. The maximum Gasteiger partial charge on any atom is 0.151 e. The third kappa shape index (κ3) is 1.51. The van der Waals surface area contributed by atoms with Crippen molar-refractivity contribution >= 4 is 48.9 Å². The minimum atomic E-state index is 0.663. The Labute approximate surface area is 98.4 Å². The van der Waals surface area contributed by atoms with Gasteiger partial charge in [0.05, 0.1) is 0 Å². The van der Waals surface area contributed by atoms with Crippen molar-refractivity contribution in [1.82, 2.24) is 0 Å². The molecule has 0 spiro atoms. The molecule has 0 unspecified atom stereocenters. The Morgan fingerprint density at radius 2 is 1.79 bits per heavy atom. The molecule has 0 aromatic heterocycles. The molecule has 70 valence electrons. The zero-order valence-electron chi connectivity index (χ0n) is 7.13. The van der Waals surface area contributed by atoms with Crippen LogP contribution < -0.4 is 0 Å². The van der Waals surface area contributed by atoms with Crippen LogP contribution in [0.5, 0.6) is 0 Å². The van der Waals surface area contributed by atoms with Crippen LogP contribution in [0.3, 0.4) is 0 Å². The van der Waals surface area contributed by atoms with Crippen LogP contribution in [0.25, 0.3) is 10.8 Å². The average molecular weight is 314 g/mol. The molecule has 3 heteroatoms. The fourth-order valence-corrected chi connectivity index (χ4v) is 2.40. The molecule has 2 rings (SSSR count). The van der Waals surface area contributed by atoms with E-state index in [1.807, 2.05) is 30.3 Å². The lowest BCUT2D eigenvalue weighted by molar-refractivity contribution is 0.112. The molecule has 0 aliphatic carbocycles. The van der Waals surface area contributed by atoms with Gasteiger partial charge < -0.3 is 0 Å². The Bertz CT molecular complexity index is 506.